The van der Waals surface area contributed by atoms with Gasteiger partial charge in [-0.1, -0.05) is 6.92 Å². The summed E-state index contributed by atoms with van der Waals surface area (Å²) in [4.78, 5) is 22.3. The Morgan fingerprint density at radius 2 is 2.00 bits per heavy atom. The van der Waals surface area contributed by atoms with Crippen molar-refractivity contribution >= 4 is 11.9 Å². The third-order valence-corrected chi connectivity index (χ3v) is 3.23. The Labute approximate surface area is 121 Å². The fourth-order valence-electron chi connectivity index (χ4n) is 1.98. The number of carbonyl (C=O) groups is 2. The monoisotopic (exact) mass is 307 g/mol. The Hall–Kier alpha value is -1.26. The largest absolute Gasteiger partial charge is 0.479 e. The van der Waals surface area contributed by atoms with Gasteiger partial charge in [-0.3, -0.25) is 4.79 Å². The van der Waals surface area contributed by atoms with Crippen molar-refractivity contribution in [3.63, 3.8) is 0 Å². The van der Waals surface area contributed by atoms with E-state index >= 15 is 0 Å². The van der Waals surface area contributed by atoms with Gasteiger partial charge in [0.05, 0.1) is 6.61 Å². The van der Waals surface area contributed by atoms with Crippen LogP contribution >= 0.6 is 0 Å². The summed E-state index contributed by atoms with van der Waals surface area (Å²) in [6, 6.07) is -1.14. The number of rotatable bonds is 6. The number of aliphatic hydroxyl groups is 3. The predicted octanol–water partition coefficient (Wildman–Crippen LogP) is -2.19. The van der Waals surface area contributed by atoms with E-state index in [1.54, 1.807) is 6.92 Å². The number of aliphatic hydroxyl groups excluding tert-OH is 3. The quantitative estimate of drug-likeness (QED) is 0.372. The molecule has 6 atom stereocenters. The molecule has 21 heavy (non-hydrogen) atoms. The van der Waals surface area contributed by atoms with Gasteiger partial charge in [-0.25, -0.2) is 4.79 Å². The maximum absolute atomic E-state index is 11.5. The fourth-order valence-corrected chi connectivity index (χ4v) is 1.98. The third-order valence-electron chi connectivity index (χ3n) is 3.23. The zero-order chi connectivity index (χ0) is 16.2. The molecule has 0 aromatic carbocycles. The van der Waals surface area contributed by atoms with Crippen LogP contribution in [0.15, 0.2) is 0 Å². The van der Waals surface area contributed by atoms with Crippen molar-refractivity contribution in [3.8, 4) is 0 Å². The van der Waals surface area contributed by atoms with Crippen molar-refractivity contribution in [1.29, 1.82) is 0 Å². The smallest absolute Gasteiger partial charge is 0.332 e. The molecule has 5 N–H and O–H groups in total. The van der Waals surface area contributed by atoms with Gasteiger partial charge < -0.3 is 35.2 Å². The Balaban J connectivity index is 2.93. The highest BCUT2D eigenvalue weighted by molar-refractivity contribution is 5.76. The topological polar surface area (TPSA) is 146 Å². The minimum atomic E-state index is -1.54. The van der Waals surface area contributed by atoms with Crippen LogP contribution in [0.1, 0.15) is 20.3 Å². The summed E-state index contributed by atoms with van der Waals surface area (Å²) < 4.78 is 10.2. The molecule has 1 saturated heterocycles. The molecule has 1 rings (SSSR count). The number of carboxylic acid groups (broad SMARTS) is 1. The van der Waals surface area contributed by atoms with Gasteiger partial charge in [0.25, 0.3) is 0 Å². The van der Waals surface area contributed by atoms with Crippen LogP contribution < -0.4 is 5.32 Å². The maximum atomic E-state index is 11.5. The summed E-state index contributed by atoms with van der Waals surface area (Å²) in [6.07, 6.45) is -6.44. The summed E-state index contributed by atoms with van der Waals surface area (Å²) in [7, 11) is 0. The summed E-state index contributed by atoms with van der Waals surface area (Å²) in [5.41, 5.74) is 0. The first kappa shape index (κ1) is 17.8. The van der Waals surface area contributed by atoms with E-state index in [0.29, 0.717) is 0 Å². The molecule has 9 heteroatoms. The molecular formula is C12H21NO8. The lowest BCUT2D eigenvalue weighted by Crippen LogP contribution is -2.65. The molecule has 1 aliphatic rings. The second-order valence-corrected chi connectivity index (χ2v) is 4.77. The number of carboxylic acids is 1. The molecule has 0 aromatic rings. The molecule has 1 amide bonds. The average Bonchev–Trinajstić information content (AvgIpc) is 2.45. The first-order valence-electron chi connectivity index (χ1n) is 6.61. The van der Waals surface area contributed by atoms with Gasteiger partial charge in [-0.05, 0) is 6.92 Å². The van der Waals surface area contributed by atoms with Crippen LogP contribution in [0, 0.1) is 0 Å². The molecular weight excluding hydrogens is 286 g/mol. The first-order valence-corrected chi connectivity index (χ1v) is 6.61. The van der Waals surface area contributed by atoms with E-state index < -0.39 is 55.2 Å². The maximum Gasteiger partial charge on any atom is 0.332 e. The molecule has 1 heterocycles. The number of nitrogens with one attached hydrogen (secondary N) is 1. The number of aliphatic carboxylic acids is 1. The lowest BCUT2D eigenvalue weighted by atomic mass is 9.96. The van der Waals surface area contributed by atoms with Gasteiger partial charge in [0.15, 0.2) is 12.4 Å². The van der Waals surface area contributed by atoms with E-state index in [0.717, 1.165) is 0 Å². The predicted molar refractivity (Wildman–Crippen MR) is 68.2 cm³/mol. The number of amides is 1. The van der Waals surface area contributed by atoms with Gasteiger partial charge >= 0.3 is 5.97 Å². The van der Waals surface area contributed by atoms with E-state index in [-0.39, 0.29) is 6.42 Å². The standard InChI is InChI=1S/C12H21NO8/c1-3-7(15)13-8-10(20-5(2)11(17)18)9(16)6(4-14)21-12(8)19/h5-6,8-10,12,14,16,19H,3-4H2,1-2H3,(H,13,15)(H,17,18)/t5?,6-,8-,9-,10-,12?/m1/s1. The molecule has 0 aliphatic carbocycles. The molecule has 0 bridgehead atoms. The molecule has 0 radical (unpaired) electrons. The summed E-state index contributed by atoms with van der Waals surface area (Å²) in [5, 5.41) is 40.3. The van der Waals surface area contributed by atoms with Crippen LogP contribution in [0.4, 0.5) is 0 Å². The van der Waals surface area contributed by atoms with E-state index in [1.165, 1.54) is 6.92 Å². The molecule has 0 aromatic heterocycles. The average molecular weight is 307 g/mol. The number of hydrogen-bond acceptors (Lipinski definition) is 7. The number of carbonyl (C=O) groups excluding carboxylic acids is 1. The van der Waals surface area contributed by atoms with Crippen LogP contribution in [0.3, 0.4) is 0 Å². The van der Waals surface area contributed by atoms with Crippen LogP contribution in [0.2, 0.25) is 0 Å². The van der Waals surface area contributed by atoms with E-state index in [4.69, 9.17) is 19.7 Å². The Bertz CT molecular complexity index is 376. The zero-order valence-electron chi connectivity index (χ0n) is 11.8. The lowest BCUT2D eigenvalue weighted by Gasteiger charge is -2.43. The Kier molecular flexibility index (Phi) is 6.49. The van der Waals surface area contributed by atoms with E-state index in [9.17, 15) is 19.8 Å². The van der Waals surface area contributed by atoms with Gasteiger partial charge in [0, 0.05) is 6.42 Å². The highest BCUT2D eigenvalue weighted by Gasteiger charge is 2.46. The number of ether oxygens (including phenoxy) is 2. The third kappa shape index (κ3) is 4.35. The van der Waals surface area contributed by atoms with Crippen molar-refractivity contribution in [2.45, 2.75) is 57.0 Å². The van der Waals surface area contributed by atoms with Crippen molar-refractivity contribution in [2.75, 3.05) is 6.61 Å². The van der Waals surface area contributed by atoms with Crippen molar-refractivity contribution in [2.24, 2.45) is 0 Å². The highest BCUT2D eigenvalue weighted by Crippen LogP contribution is 2.23. The summed E-state index contributed by atoms with van der Waals surface area (Å²) >= 11 is 0. The first-order chi connectivity index (χ1) is 9.81. The van der Waals surface area contributed by atoms with Crippen LogP contribution in [-0.4, -0.2) is 75.7 Å². The molecule has 1 fully saturated rings. The van der Waals surface area contributed by atoms with Gasteiger partial charge in [0.1, 0.15) is 24.4 Å². The minimum Gasteiger partial charge on any atom is -0.479 e. The van der Waals surface area contributed by atoms with E-state index in [1.807, 2.05) is 0 Å². The minimum absolute atomic E-state index is 0.129. The number of hydrogen-bond donors (Lipinski definition) is 5. The van der Waals surface area contributed by atoms with Crippen LogP contribution in [0.25, 0.3) is 0 Å². The van der Waals surface area contributed by atoms with Crippen molar-refractivity contribution < 1.29 is 39.5 Å². The molecule has 122 valence electrons. The zero-order valence-corrected chi connectivity index (χ0v) is 11.8. The second kappa shape index (κ2) is 7.66. The van der Waals surface area contributed by atoms with Crippen LogP contribution in [0.5, 0.6) is 0 Å². The Morgan fingerprint density at radius 3 is 2.48 bits per heavy atom. The second-order valence-electron chi connectivity index (χ2n) is 4.77. The normalized spacial score (nSPS) is 34.2. The molecule has 1 aliphatic heterocycles. The Morgan fingerprint density at radius 1 is 1.38 bits per heavy atom. The SMILES string of the molecule is CCC(=O)N[C@H]1C(O)O[C@H](CO)[C@@H](O)[C@@H]1OC(C)C(=O)O. The molecule has 2 unspecified atom stereocenters. The fraction of sp³-hybridized carbons (Fsp3) is 0.833. The van der Waals surface area contributed by atoms with Gasteiger partial charge in [0.2, 0.25) is 5.91 Å². The summed E-state index contributed by atoms with van der Waals surface area (Å²) in [5.74, 6) is -1.68. The van der Waals surface area contributed by atoms with Gasteiger partial charge in [-0.15, -0.1) is 0 Å². The van der Waals surface area contributed by atoms with E-state index in [2.05, 4.69) is 5.32 Å². The molecule has 0 spiro atoms. The van der Waals surface area contributed by atoms with Crippen molar-refractivity contribution in [1.82, 2.24) is 5.32 Å². The lowest BCUT2D eigenvalue weighted by molar-refractivity contribution is -0.267. The van der Waals surface area contributed by atoms with Crippen molar-refractivity contribution in [3.05, 3.63) is 0 Å². The molecule has 9 nitrogen and oxygen atoms in total. The summed E-state index contributed by atoms with van der Waals surface area (Å²) in [6.45, 7) is 2.26. The highest BCUT2D eigenvalue weighted by atomic mass is 16.6. The molecule has 0 saturated carbocycles. The van der Waals surface area contributed by atoms with Crippen LogP contribution in [-0.2, 0) is 19.1 Å². The van der Waals surface area contributed by atoms with Gasteiger partial charge in [-0.2, -0.15) is 0 Å².